The molecular weight excluding hydrogens is 194 g/mol. The largest absolute Gasteiger partial charge is 0.303 e. The summed E-state index contributed by atoms with van der Waals surface area (Å²) in [6.45, 7) is 5.74. The predicted molar refractivity (Wildman–Crippen MR) is 61.0 cm³/mol. The van der Waals surface area contributed by atoms with Crippen LogP contribution in [0.2, 0.25) is 5.02 Å². The lowest BCUT2D eigenvalue weighted by Gasteiger charge is -2.16. The van der Waals surface area contributed by atoms with Crippen LogP contribution in [0.4, 0.5) is 0 Å². The van der Waals surface area contributed by atoms with E-state index in [9.17, 15) is 0 Å². The molecule has 1 nitrogen and oxygen atoms in total. The minimum atomic E-state index is 0.869. The molecule has 0 radical (unpaired) electrons. The molecule has 14 heavy (non-hydrogen) atoms. The number of hydrogen-bond acceptors (Lipinski definition) is 1. The van der Waals surface area contributed by atoms with Crippen LogP contribution in [0.1, 0.15) is 18.1 Å². The average Bonchev–Trinajstić information content (AvgIpc) is 2.39. The summed E-state index contributed by atoms with van der Waals surface area (Å²) in [5, 5.41) is 0.869. The number of hydrogen-bond donors (Lipinski definition) is 0. The first-order valence-electron chi connectivity index (χ1n) is 5.29. The molecule has 0 unspecified atom stereocenters. The Morgan fingerprint density at radius 2 is 1.93 bits per heavy atom. The van der Waals surface area contributed by atoms with Crippen LogP contribution in [0, 0.1) is 0 Å². The highest BCUT2D eigenvalue weighted by atomic mass is 35.5. The van der Waals surface area contributed by atoms with E-state index in [2.05, 4.69) is 24.0 Å². The van der Waals surface area contributed by atoms with Gasteiger partial charge < -0.3 is 4.90 Å². The molecule has 1 heterocycles. The van der Waals surface area contributed by atoms with E-state index in [1.165, 1.54) is 30.6 Å². The molecule has 0 fully saturated rings. The molecule has 1 aliphatic heterocycles. The van der Waals surface area contributed by atoms with Gasteiger partial charge in [0.1, 0.15) is 0 Å². The van der Waals surface area contributed by atoms with Crippen LogP contribution in [-0.2, 0) is 12.8 Å². The zero-order chi connectivity index (χ0) is 9.97. The number of halogens is 1. The maximum atomic E-state index is 5.99. The maximum Gasteiger partial charge on any atom is 0.0408 e. The topological polar surface area (TPSA) is 3.24 Å². The zero-order valence-corrected chi connectivity index (χ0v) is 9.35. The Bertz CT molecular complexity index is 322. The van der Waals surface area contributed by atoms with Crippen molar-refractivity contribution in [2.75, 3.05) is 19.6 Å². The SMILES string of the molecule is CCN1CCc2ccc(Cl)cc2CC1. The normalized spacial score (nSPS) is 17.6. The lowest BCUT2D eigenvalue weighted by atomic mass is 10.0. The van der Waals surface area contributed by atoms with Crippen LogP contribution >= 0.6 is 11.6 Å². The monoisotopic (exact) mass is 209 g/mol. The van der Waals surface area contributed by atoms with Crippen LogP contribution in [0.15, 0.2) is 18.2 Å². The van der Waals surface area contributed by atoms with Crippen LogP contribution in [0.25, 0.3) is 0 Å². The second-order valence-corrected chi connectivity index (χ2v) is 4.28. The second kappa shape index (κ2) is 4.33. The van der Waals surface area contributed by atoms with Crippen molar-refractivity contribution in [2.45, 2.75) is 19.8 Å². The van der Waals surface area contributed by atoms with Crippen LogP contribution in [0.5, 0.6) is 0 Å². The Hall–Kier alpha value is -0.530. The van der Waals surface area contributed by atoms with Gasteiger partial charge in [-0.25, -0.2) is 0 Å². The number of rotatable bonds is 1. The van der Waals surface area contributed by atoms with E-state index in [-0.39, 0.29) is 0 Å². The second-order valence-electron chi connectivity index (χ2n) is 3.85. The van der Waals surface area contributed by atoms with Crippen molar-refractivity contribution >= 4 is 11.6 Å². The summed E-state index contributed by atoms with van der Waals surface area (Å²) in [6.07, 6.45) is 2.31. The first-order chi connectivity index (χ1) is 6.79. The molecule has 2 rings (SSSR count). The lowest BCUT2D eigenvalue weighted by molar-refractivity contribution is 0.303. The molecule has 0 atom stereocenters. The smallest absolute Gasteiger partial charge is 0.0408 e. The van der Waals surface area contributed by atoms with Gasteiger partial charge in [0.25, 0.3) is 0 Å². The summed E-state index contributed by atoms with van der Waals surface area (Å²) in [5.41, 5.74) is 2.92. The van der Waals surface area contributed by atoms with Crippen molar-refractivity contribution in [3.63, 3.8) is 0 Å². The summed E-state index contributed by atoms with van der Waals surface area (Å²) in [6, 6.07) is 6.30. The van der Waals surface area contributed by atoms with Crippen LogP contribution in [-0.4, -0.2) is 24.5 Å². The highest BCUT2D eigenvalue weighted by Crippen LogP contribution is 2.20. The van der Waals surface area contributed by atoms with Gasteiger partial charge >= 0.3 is 0 Å². The zero-order valence-electron chi connectivity index (χ0n) is 8.59. The minimum absolute atomic E-state index is 0.869. The standard InChI is InChI=1S/C12H16ClN/c1-2-14-7-5-10-3-4-12(13)9-11(10)6-8-14/h3-4,9H,2,5-8H2,1H3. The van der Waals surface area contributed by atoms with Crippen LogP contribution < -0.4 is 0 Å². The summed E-state index contributed by atoms with van der Waals surface area (Å²) >= 11 is 5.99. The van der Waals surface area contributed by atoms with Crippen molar-refractivity contribution < 1.29 is 0 Å². The van der Waals surface area contributed by atoms with E-state index in [4.69, 9.17) is 11.6 Å². The first-order valence-corrected chi connectivity index (χ1v) is 5.67. The molecule has 76 valence electrons. The van der Waals surface area contributed by atoms with E-state index >= 15 is 0 Å². The van der Waals surface area contributed by atoms with Gasteiger partial charge in [-0.3, -0.25) is 0 Å². The molecule has 2 heteroatoms. The van der Waals surface area contributed by atoms with E-state index < -0.39 is 0 Å². The molecule has 0 saturated heterocycles. The Labute approximate surface area is 90.7 Å². The molecular formula is C12H16ClN. The van der Waals surface area contributed by atoms with E-state index in [0.29, 0.717) is 0 Å². The molecule has 0 saturated carbocycles. The third kappa shape index (κ3) is 2.10. The fraction of sp³-hybridized carbons (Fsp3) is 0.500. The third-order valence-electron chi connectivity index (χ3n) is 3.01. The molecule has 0 spiro atoms. The fourth-order valence-corrected chi connectivity index (χ4v) is 2.25. The predicted octanol–water partition coefficient (Wildman–Crippen LogP) is 2.76. The van der Waals surface area contributed by atoms with Crippen molar-refractivity contribution in [3.05, 3.63) is 34.3 Å². The van der Waals surface area contributed by atoms with Gasteiger partial charge in [0.2, 0.25) is 0 Å². The Kier molecular flexibility index (Phi) is 3.09. The fourth-order valence-electron chi connectivity index (χ4n) is 2.06. The van der Waals surface area contributed by atoms with E-state index in [1.54, 1.807) is 0 Å². The van der Waals surface area contributed by atoms with Gasteiger partial charge in [0.15, 0.2) is 0 Å². The van der Waals surface area contributed by atoms with Gasteiger partial charge in [-0.05, 0) is 42.6 Å². The number of benzene rings is 1. The Morgan fingerprint density at radius 3 is 2.64 bits per heavy atom. The van der Waals surface area contributed by atoms with Gasteiger partial charge in [-0.2, -0.15) is 0 Å². The van der Waals surface area contributed by atoms with E-state index in [0.717, 1.165) is 18.0 Å². The van der Waals surface area contributed by atoms with Crippen molar-refractivity contribution in [3.8, 4) is 0 Å². The number of nitrogens with zero attached hydrogens (tertiary/aromatic N) is 1. The molecule has 0 aliphatic carbocycles. The summed E-state index contributed by atoms with van der Waals surface area (Å²) in [5.74, 6) is 0. The quantitative estimate of drug-likeness (QED) is 0.688. The van der Waals surface area contributed by atoms with Gasteiger partial charge in [0, 0.05) is 18.1 Å². The van der Waals surface area contributed by atoms with E-state index in [1.807, 2.05) is 6.07 Å². The molecule has 1 aliphatic rings. The summed E-state index contributed by atoms with van der Waals surface area (Å²) in [4.78, 5) is 2.49. The van der Waals surface area contributed by atoms with Gasteiger partial charge in [0.05, 0.1) is 0 Å². The number of fused-ring (bicyclic) bond motifs is 1. The molecule has 1 aromatic carbocycles. The van der Waals surface area contributed by atoms with Crippen molar-refractivity contribution in [1.29, 1.82) is 0 Å². The molecule has 0 amide bonds. The Balaban J connectivity index is 2.21. The van der Waals surface area contributed by atoms with Crippen molar-refractivity contribution in [1.82, 2.24) is 4.90 Å². The lowest BCUT2D eigenvalue weighted by Crippen LogP contribution is -2.25. The average molecular weight is 210 g/mol. The summed E-state index contributed by atoms with van der Waals surface area (Å²) in [7, 11) is 0. The number of likely N-dealkylation sites (N-methyl/N-ethyl adjacent to an activating group) is 1. The van der Waals surface area contributed by atoms with Crippen LogP contribution in [0.3, 0.4) is 0 Å². The highest BCUT2D eigenvalue weighted by molar-refractivity contribution is 6.30. The summed E-state index contributed by atoms with van der Waals surface area (Å²) < 4.78 is 0. The minimum Gasteiger partial charge on any atom is -0.303 e. The first kappa shape index (κ1) is 10.0. The van der Waals surface area contributed by atoms with Gasteiger partial charge in [-0.1, -0.05) is 24.6 Å². The van der Waals surface area contributed by atoms with Gasteiger partial charge in [-0.15, -0.1) is 0 Å². The van der Waals surface area contributed by atoms with Crippen molar-refractivity contribution in [2.24, 2.45) is 0 Å². The molecule has 0 N–H and O–H groups in total. The molecule has 0 aromatic heterocycles. The highest BCUT2D eigenvalue weighted by Gasteiger charge is 2.12. The third-order valence-corrected chi connectivity index (χ3v) is 3.25. The Morgan fingerprint density at radius 1 is 1.21 bits per heavy atom. The molecule has 1 aromatic rings. The molecule has 0 bridgehead atoms. The maximum absolute atomic E-state index is 5.99.